The Morgan fingerprint density at radius 2 is 1.52 bits per heavy atom. The maximum Gasteiger partial charge on any atom is 0.0341 e. The molecule has 3 heteroatoms. The highest BCUT2D eigenvalue weighted by molar-refractivity contribution is 9.10. The van der Waals surface area contributed by atoms with Crippen LogP contribution in [0.25, 0.3) is 0 Å². The minimum absolute atomic E-state index is 0.998. The molecule has 1 N–H and O–H groups in total. The Labute approximate surface area is 135 Å². The molecule has 2 aromatic rings. The van der Waals surface area contributed by atoms with E-state index in [1.807, 2.05) is 0 Å². The Balaban J connectivity index is 1.48. The van der Waals surface area contributed by atoms with Crippen LogP contribution in [0.5, 0.6) is 0 Å². The van der Waals surface area contributed by atoms with Crippen molar-refractivity contribution in [3.63, 3.8) is 0 Å². The third-order valence-electron chi connectivity index (χ3n) is 4.11. The third kappa shape index (κ3) is 4.08. The van der Waals surface area contributed by atoms with E-state index in [0.29, 0.717) is 0 Å². The predicted molar refractivity (Wildman–Crippen MR) is 92.9 cm³/mol. The van der Waals surface area contributed by atoms with Gasteiger partial charge in [0.05, 0.1) is 0 Å². The summed E-state index contributed by atoms with van der Waals surface area (Å²) in [6.45, 7) is 4.43. The summed E-state index contributed by atoms with van der Waals surface area (Å²) in [6, 6.07) is 17.2. The molecular weight excluding hydrogens is 324 g/mol. The number of halogens is 1. The van der Waals surface area contributed by atoms with Crippen LogP contribution < -0.4 is 5.32 Å². The first-order chi connectivity index (χ1) is 10.3. The minimum Gasteiger partial charge on any atom is -0.384 e. The number of rotatable bonds is 4. The lowest BCUT2D eigenvalue weighted by molar-refractivity contribution is 0.298. The van der Waals surface area contributed by atoms with Crippen molar-refractivity contribution in [2.45, 2.75) is 12.8 Å². The molecule has 21 heavy (non-hydrogen) atoms. The van der Waals surface area contributed by atoms with Gasteiger partial charge in [-0.3, -0.25) is 0 Å². The van der Waals surface area contributed by atoms with Crippen LogP contribution >= 0.6 is 15.9 Å². The number of hydrogen-bond acceptors (Lipinski definition) is 2. The molecule has 110 valence electrons. The third-order valence-corrected chi connectivity index (χ3v) is 4.64. The van der Waals surface area contributed by atoms with E-state index >= 15 is 0 Å². The molecule has 1 aliphatic rings. The number of nitrogens with zero attached hydrogens (tertiary/aromatic N) is 1. The fourth-order valence-corrected chi connectivity index (χ4v) is 3.13. The summed E-state index contributed by atoms with van der Waals surface area (Å²) in [5, 5.41) is 3.50. The van der Waals surface area contributed by atoms with Gasteiger partial charge in [0.1, 0.15) is 0 Å². The number of nitrogens with one attached hydrogen (secondary N) is 1. The molecule has 2 nitrogen and oxygen atoms in total. The minimum atomic E-state index is 0.998. The van der Waals surface area contributed by atoms with Gasteiger partial charge in [-0.05, 0) is 48.2 Å². The van der Waals surface area contributed by atoms with Gasteiger partial charge < -0.3 is 10.2 Å². The Bertz CT molecular complexity index is 553. The van der Waals surface area contributed by atoms with E-state index in [2.05, 4.69) is 74.7 Å². The van der Waals surface area contributed by atoms with Gasteiger partial charge in [0.2, 0.25) is 0 Å². The van der Waals surface area contributed by atoms with Crippen molar-refractivity contribution < 1.29 is 0 Å². The predicted octanol–water partition coefficient (Wildman–Crippen LogP) is 3.96. The number of anilines is 1. The van der Waals surface area contributed by atoms with Crippen molar-refractivity contribution in [2.75, 3.05) is 31.5 Å². The number of hydrogen-bond donors (Lipinski definition) is 1. The molecular formula is C18H21BrN2. The SMILES string of the molecule is Brc1ccc(NCCN2CCc3ccccc3CC2)cc1. The van der Waals surface area contributed by atoms with Crippen LogP contribution in [0.1, 0.15) is 11.1 Å². The lowest BCUT2D eigenvalue weighted by Crippen LogP contribution is -2.31. The lowest BCUT2D eigenvalue weighted by Gasteiger charge is -2.20. The highest BCUT2D eigenvalue weighted by Gasteiger charge is 2.12. The molecule has 0 saturated carbocycles. The standard InChI is InChI=1S/C18H21BrN2/c19-17-5-7-18(8-6-17)20-11-14-21-12-9-15-3-1-2-4-16(15)10-13-21/h1-8,20H,9-14H2. The summed E-state index contributed by atoms with van der Waals surface area (Å²) in [4.78, 5) is 2.56. The van der Waals surface area contributed by atoms with Gasteiger partial charge in [0.25, 0.3) is 0 Å². The molecule has 0 unspecified atom stereocenters. The van der Waals surface area contributed by atoms with E-state index in [4.69, 9.17) is 0 Å². The molecule has 0 fully saturated rings. The fourth-order valence-electron chi connectivity index (χ4n) is 2.86. The first kappa shape index (κ1) is 14.6. The average molecular weight is 345 g/mol. The Morgan fingerprint density at radius 3 is 2.14 bits per heavy atom. The van der Waals surface area contributed by atoms with Crippen LogP contribution in [0.15, 0.2) is 53.0 Å². The molecule has 0 radical (unpaired) electrons. The van der Waals surface area contributed by atoms with Gasteiger partial charge in [-0.25, -0.2) is 0 Å². The molecule has 0 spiro atoms. The average Bonchev–Trinajstić information content (AvgIpc) is 2.72. The van der Waals surface area contributed by atoms with E-state index in [1.165, 1.54) is 42.7 Å². The Morgan fingerprint density at radius 1 is 0.905 bits per heavy atom. The molecule has 3 rings (SSSR count). The van der Waals surface area contributed by atoms with E-state index in [1.54, 1.807) is 0 Å². The van der Waals surface area contributed by atoms with Gasteiger partial charge in [-0.15, -0.1) is 0 Å². The lowest BCUT2D eigenvalue weighted by atomic mass is 10.0. The second kappa shape index (κ2) is 7.10. The number of benzene rings is 2. The Kier molecular flexibility index (Phi) is 4.94. The van der Waals surface area contributed by atoms with E-state index in [-0.39, 0.29) is 0 Å². The van der Waals surface area contributed by atoms with E-state index in [9.17, 15) is 0 Å². The largest absolute Gasteiger partial charge is 0.384 e. The molecule has 1 heterocycles. The molecule has 2 aromatic carbocycles. The summed E-state index contributed by atoms with van der Waals surface area (Å²) in [5.41, 5.74) is 4.25. The van der Waals surface area contributed by atoms with E-state index < -0.39 is 0 Å². The topological polar surface area (TPSA) is 15.3 Å². The summed E-state index contributed by atoms with van der Waals surface area (Å²) in [5.74, 6) is 0. The maximum absolute atomic E-state index is 3.50. The first-order valence-electron chi connectivity index (χ1n) is 7.60. The van der Waals surface area contributed by atoms with Crippen molar-refractivity contribution in [1.29, 1.82) is 0 Å². The van der Waals surface area contributed by atoms with Crippen LogP contribution in [-0.4, -0.2) is 31.1 Å². The molecule has 0 amide bonds. The quantitative estimate of drug-likeness (QED) is 0.902. The van der Waals surface area contributed by atoms with Crippen LogP contribution in [0.3, 0.4) is 0 Å². The van der Waals surface area contributed by atoms with Crippen LogP contribution in [0.4, 0.5) is 5.69 Å². The van der Waals surface area contributed by atoms with Crippen molar-refractivity contribution in [3.8, 4) is 0 Å². The van der Waals surface area contributed by atoms with Crippen molar-refractivity contribution >= 4 is 21.6 Å². The first-order valence-corrected chi connectivity index (χ1v) is 8.39. The number of fused-ring (bicyclic) bond motifs is 1. The van der Waals surface area contributed by atoms with Crippen molar-refractivity contribution in [2.24, 2.45) is 0 Å². The second-order valence-electron chi connectivity index (χ2n) is 5.54. The van der Waals surface area contributed by atoms with Crippen molar-refractivity contribution in [1.82, 2.24) is 4.90 Å². The van der Waals surface area contributed by atoms with Crippen molar-refractivity contribution in [3.05, 3.63) is 64.1 Å². The molecule has 0 aromatic heterocycles. The molecule has 0 aliphatic carbocycles. The molecule has 0 saturated heterocycles. The second-order valence-corrected chi connectivity index (χ2v) is 6.46. The zero-order valence-electron chi connectivity index (χ0n) is 12.2. The normalized spacial score (nSPS) is 15.3. The maximum atomic E-state index is 3.50. The van der Waals surface area contributed by atoms with Gasteiger partial charge in [0, 0.05) is 36.3 Å². The summed E-state index contributed by atoms with van der Waals surface area (Å²) in [7, 11) is 0. The highest BCUT2D eigenvalue weighted by Crippen LogP contribution is 2.16. The zero-order chi connectivity index (χ0) is 14.5. The van der Waals surface area contributed by atoms with Gasteiger partial charge >= 0.3 is 0 Å². The smallest absolute Gasteiger partial charge is 0.0341 e. The fraction of sp³-hybridized carbons (Fsp3) is 0.333. The highest BCUT2D eigenvalue weighted by atomic mass is 79.9. The summed E-state index contributed by atoms with van der Waals surface area (Å²) >= 11 is 3.46. The molecule has 1 aliphatic heterocycles. The Hall–Kier alpha value is -1.32. The van der Waals surface area contributed by atoms with E-state index in [0.717, 1.165) is 17.6 Å². The summed E-state index contributed by atoms with van der Waals surface area (Å²) in [6.07, 6.45) is 2.35. The van der Waals surface area contributed by atoms with Crippen LogP contribution in [0.2, 0.25) is 0 Å². The molecule has 0 atom stereocenters. The van der Waals surface area contributed by atoms with Crippen LogP contribution in [-0.2, 0) is 12.8 Å². The van der Waals surface area contributed by atoms with Gasteiger partial charge in [-0.2, -0.15) is 0 Å². The molecule has 0 bridgehead atoms. The monoisotopic (exact) mass is 344 g/mol. The zero-order valence-corrected chi connectivity index (χ0v) is 13.8. The van der Waals surface area contributed by atoms with Gasteiger partial charge in [-0.1, -0.05) is 40.2 Å². The van der Waals surface area contributed by atoms with Gasteiger partial charge in [0.15, 0.2) is 0 Å². The van der Waals surface area contributed by atoms with Crippen LogP contribution in [0, 0.1) is 0 Å². The summed E-state index contributed by atoms with van der Waals surface area (Å²) < 4.78 is 1.12.